The third-order valence-corrected chi connectivity index (χ3v) is 3.53. The molecule has 0 saturated heterocycles. The first-order valence-corrected chi connectivity index (χ1v) is 7.23. The minimum atomic E-state index is -4.85. The van der Waals surface area contributed by atoms with Crippen molar-refractivity contribution >= 4 is 12.0 Å². The van der Waals surface area contributed by atoms with Crippen LogP contribution in [0.3, 0.4) is 0 Å². The molecule has 1 N–H and O–H groups in total. The highest BCUT2D eigenvalue weighted by molar-refractivity contribution is 5.81. The number of halogens is 3. The van der Waals surface area contributed by atoms with Crippen LogP contribution < -0.4 is 5.32 Å². The lowest BCUT2D eigenvalue weighted by Gasteiger charge is -2.35. The number of hydrogen-bond acceptors (Lipinski definition) is 3. The summed E-state index contributed by atoms with van der Waals surface area (Å²) in [5.74, 6) is -1.82. The Hall–Kier alpha value is -1.47. The molecule has 0 radical (unpaired) electrons. The van der Waals surface area contributed by atoms with Crippen LogP contribution >= 0.6 is 0 Å². The normalized spacial score (nSPS) is 22.9. The summed E-state index contributed by atoms with van der Waals surface area (Å²) >= 11 is 0. The van der Waals surface area contributed by atoms with Crippen molar-refractivity contribution in [2.24, 2.45) is 0 Å². The van der Waals surface area contributed by atoms with Gasteiger partial charge in [-0.3, -0.25) is 4.79 Å². The van der Waals surface area contributed by atoms with Crippen molar-refractivity contribution in [2.75, 3.05) is 7.05 Å². The van der Waals surface area contributed by atoms with E-state index in [2.05, 4.69) is 5.32 Å². The van der Waals surface area contributed by atoms with Gasteiger partial charge in [0.25, 0.3) is 0 Å². The summed E-state index contributed by atoms with van der Waals surface area (Å²) in [5, 5.41) is 2.71. The number of carbonyl (C=O) groups excluding carboxylic acids is 2. The molecule has 1 aliphatic rings. The lowest BCUT2D eigenvalue weighted by Crippen LogP contribution is -2.48. The van der Waals surface area contributed by atoms with Gasteiger partial charge < -0.3 is 15.0 Å². The van der Waals surface area contributed by atoms with Gasteiger partial charge in [-0.25, -0.2) is 4.79 Å². The van der Waals surface area contributed by atoms with E-state index in [1.807, 2.05) is 0 Å². The second kappa shape index (κ2) is 6.75. The van der Waals surface area contributed by atoms with Gasteiger partial charge in [-0.05, 0) is 46.5 Å². The Bertz CT molecular complexity index is 411. The van der Waals surface area contributed by atoms with E-state index in [9.17, 15) is 22.8 Å². The number of hydrogen-bond donors (Lipinski definition) is 1. The van der Waals surface area contributed by atoms with Crippen molar-refractivity contribution in [2.45, 2.75) is 70.3 Å². The number of alkyl halides is 3. The molecule has 22 heavy (non-hydrogen) atoms. The molecule has 1 fully saturated rings. The minimum absolute atomic E-state index is 0.138. The maximum atomic E-state index is 12.4. The number of rotatable bonds is 2. The molecule has 8 heteroatoms. The van der Waals surface area contributed by atoms with Crippen LogP contribution in [0.5, 0.6) is 0 Å². The standard InChI is InChI=1S/C14H23F3N2O3/c1-13(2,3)22-12(21)18-9-5-7-10(8-6-9)19(4)11(20)14(15,16)17/h9-10H,5-8H2,1-4H3,(H,18,21)/t9-,10+. The zero-order valence-corrected chi connectivity index (χ0v) is 13.3. The van der Waals surface area contributed by atoms with E-state index < -0.39 is 29.8 Å². The Morgan fingerprint density at radius 1 is 1.09 bits per heavy atom. The van der Waals surface area contributed by atoms with Gasteiger partial charge in [-0.1, -0.05) is 0 Å². The van der Waals surface area contributed by atoms with Crippen LogP contribution in [-0.2, 0) is 9.53 Å². The largest absolute Gasteiger partial charge is 0.471 e. The van der Waals surface area contributed by atoms with Crippen molar-refractivity contribution in [1.29, 1.82) is 0 Å². The van der Waals surface area contributed by atoms with Gasteiger partial charge in [0.2, 0.25) is 0 Å². The molecule has 0 aliphatic heterocycles. The van der Waals surface area contributed by atoms with Crippen LogP contribution in [0.1, 0.15) is 46.5 Å². The number of ether oxygens (including phenoxy) is 1. The van der Waals surface area contributed by atoms with Gasteiger partial charge in [-0.15, -0.1) is 0 Å². The SMILES string of the molecule is CN(C(=O)C(F)(F)F)[C@H]1CC[C@@H](NC(=O)OC(C)(C)C)CC1. The second-order valence-electron chi connectivity index (χ2n) is 6.57. The number of nitrogens with zero attached hydrogens (tertiary/aromatic N) is 1. The first-order chi connectivity index (χ1) is 9.90. The molecule has 128 valence electrons. The fourth-order valence-electron chi connectivity index (χ4n) is 2.45. The van der Waals surface area contributed by atoms with Crippen molar-refractivity contribution in [3.05, 3.63) is 0 Å². The number of amides is 2. The van der Waals surface area contributed by atoms with Crippen LogP contribution in [0.25, 0.3) is 0 Å². The predicted molar refractivity (Wildman–Crippen MR) is 74.2 cm³/mol. The smallest absolute Gasteiger partial charge is 0.444 e. The van der Waals surface area contributed by atoms with Crippen molar-refractivity contribution in [3.63, 3.8) is 0 Å². The molecule has 1 aliphatic carbocycles. The Labute approximate surface area is 128 Å². The van der Waals surface area contributed by atoms with Gasteiger partial charge in [0.15, 0.2) is 0 Å². The molecule has 0 bridgehead atoms. The van der Waals surface area contributed by atoms with E-state index in [0.29, 0.717) is 25.7 Å². The molecule has 0 aromatic heterocycles. The van der Waals surface area contributed by atoms with Crippen LogP contribution in [0, 0.1) is 0 Å². The Morgan fingerprint density at radius 2 is 1.59 bits per heavy atom. The zero-order chi connectivity index (χ0) is 17.1. The van der Waals surface area contributed by atoms with Crippen LogP contribution in [0.15, 0.2) is 0 Å². The average molecular weight is 324 g/mol. The molecule has 0 atom stereocenters. The number of nitrogens with one attached hydrogen (secondary N) is 1. The van der Waals surface area contributed by atoms with E-state index in [-0.39, 0.29) is 6.04 Å². The summed E-state index contributed by atoms with van der Waals surface area (Å²) in [6, 6.07) is -0.591. The zero-order valence-electron chi connectivity index (χ0n) is 13.3. The molecule has 0 aromatic rings. The molecular formula is C14H23F3N2O3. The van der Waals surface area contributed by atoms with Crippen LogP contribution in [0.2, 0.25) is 0 Å². The average Bonchev–Trinajstić information content (AvgIpc) is 2.34. The predicted octanol–water partition coefficient (Wildman–Crippen LogP) is 2.84. The summed E-state index contributed by atoms with van der Waals surface area (Å²) in [5.41, 5.74) is -0.597. The second-order valence-corrected chi connectivity index (χ2v) is 6.57. The monoisotopic (exact) mass is 324 g/mol. The molecule has 0 spiro atoms. The summed E-state index contributed by atoms with van der Waals surface area (Å²) in [7, 11) is 1.17. The van der Waals surface area contributed by atoms with E-state index in [1.54, 1.807) is 20.8 Å². The number of carbonyl (C=O) groups is 2. The first kappa shape index (κ1) is 18.6. The summed E-state index contributed by atoms with van der Waals surface area (Å²) in [6.45, 7) is 5.25. The lowest BCUT2D eigenvalue weighted by molar-refractivity contribution is -0.186. The van der Waals surface area contributed by atoms with Crippen LogP contribution in [-0.4, -0.2) is 47.8 Å². The Kier molecular flexibility index (Phi) is 5.70. The molecule has 0 heterocycles. The van der Waals surface area contributed by atoms with Crippen molar-refractivity contribution in [1.82, 2.24) is 10.2 Å². The van der Waals surface area contributed by atoms with E-state index in [0.717, 1.165) is 4.90 Å². The van der Waals surface area contributed by atoms with E-state index >= 15 is 0 Å². The highest BCUT2D eigenvalue weighted by atomic mass is 19.4. The van der Waals surface area contributed by atoms with Gasteiger partial charge in [0, 0.05) is 19.1 Å². The van der Waals surface area contributed by atoms with Gasteiger partial charge in [0.05, 0.1) is 0 Å². The van der Waals surface area contributed by atoms with Gasteiger partial charge in [-0.2, -0.15) is 13.2 Å². The maximum Gasteiger partial charge on any atom is 0.471 e. The molecule has 5 nitrogen and oxygen atoms in total. The number of alkyl carbamates (subject to hydrolysis) is 1. The molecule has 1 rings (SSSR count). The maximum absolute atomic E-state index is 12.4. The molecule has 0 unspecified atom stereocenters. The Morgan fingerprint density at radius 3 is 2.00 bits per heavy atom. The van der Waals surface area contributed by atoms with Gasteiger partial charge in [0.1, 0.15) is 5.60 Å². The highest BCUT2D eigenvalue weighted by Gasteiger charge is 2.43. The third kappa shape index (κ3) is 5.73. The fraction of sp³-hybridized carbons (Fsp3) is 0.857. The molecule has 0 aromatic carbocycles. The topological polar surface area (TPSA) is 58.6 Å². The summed E-state index contributed by atoms with van der Waals surface area (Å²) < 4.78 is 42.3. The fourth-order valence-corrected chi connectivity index (χ4v) is 2.45. The van der Waals surface area contributed by atoms with E-state index in [4.69, 9.17) is 4.74 Å². The quantitative estimate of drug-likeness (QED) is 0.850. The molecule has 1 saturated carbocycles. The van der Waals surface area contributed by atoms with Gasteiger partial charge >= 0.3 is 18.2 Å². The summed E-state index contributed by atoms with van der Waals surface area (Å²) in [4.78, 5) is 23.6. The molecular weight excluding hydrogens is 301 g/mol. The van der Waals surface area contributed by atoms with Crippen LogP contribution in [0.4, 0.5) is 18.0 Å². The minimum Gasteiger partial charge on any atom is -0.444 e. The highest BCUT2D eigenvalue weighted by Crippen LogP contribution is 2.26. The third-order valence-electron chi connectivity index (χ3n) is 3.53. The van der Waals surface area contributed by atoms with E-state index in [1.165, 1.54) is 7.05 Å². The Balaban J connectivity index is 2.44. The first-order valence-electron chi connectivity index (χ1n) is 7.23. The molecule has 2 amide bonds. The van der Waals surface area contributed by atoms with Crippen molar-refractivity contribution < 1.29 is 27.5 Å². The van der Waals surface area contributed by atoms with Crippen molar-refractivity contribution in [3.8, 4) is 0 Å². The summed E-state index contributed by atoms with van der Waals surface area (Å²) in [6.07, 6.45) is -3.52. The lowest BCUT2D eigenvalue weighted by atomic mass is 9.90.